The van der Waals surface area contributed by atoms with E-state index in [0.717, 1.165) is 15.7 Å². The number of nitrogens with zero attached hydrogens (tertiary/aromatic N) is 4. The lowest BCUT2D eigenvalue weighted by molar-refractivity contribution is 0.665. The molecular weight excluding hydrogens is 399 g/mol. The molecule has 0 bridgehead atoms. The van der Waals surface area contributed by atoms with Crippen LogP contribution in [0.15, 0.2) is 64.2 Å². The summed E-state index contributed by atoms with van der Waals surface area (Å²) >= 11 is 12.3. The number of hydrogen-bond acceptors (Lipinski definition) is 3. The molecule has 0 aliphatic carbocycles. The number of fused-ring (bicyclic) bond motifs is 1. The maximum Gasteiger partial charge on any atom is 0.332 e. The molecule has 28 heavy (non-hydrogen) atoms. The van der Waals surface area contributed by atoms with Crippen LogP contribution in [0.5, 0.6) is 0 Å². The standard InChI is InChI=1S/C20H16Cl2N4O2/c1-24-18(27)16-17(26(20(24)28)12-13-5-3-2-4-6-13)23-19(22)25(16)11-14-7-9-15(21)10-8-14/h2-10H,11-12H2,1H3. The summed E-state index contributed by atoms with van der Waals surface area (Å²) in [5.74, 6) is 0. The Labute approximate surface area is 170 Å². The Balaban J connectivity index is 1.91. The van der Waals surface area contributed by atoms with Crippen LogP contribution in [0, 0.1) is 0 Å². The first-order valence-corrected chi connectivity index (χ1v) is 9.35. The normalized spacial score (nSPS) is 11.2. The smallest absolute Gasteiger partial charge is 0.304 e. The molecule has 0 saturated carbocycles. The molecule has 4 aromatic rings. The summed E-state index contributed by atoms with van der Waals surface area (Å²) in [5.41, 5.74) is 1.53. The van der Waals surface area contributed by atoms with Crippen LogP contribution in [0.2, 0.25) is 10.3 Å². The summed E-state index contributed by atoms with van der Waals surface area (Å²) in [7, 11) is 1.46. The molecule has 0 N–H and O–H groups in total. The lowest BCUT2D eigenvalue weighted by Gasteiger charge is -2.10. The fourth-order valence-corrected chi connectivity index (χ4v) is 3.51. The monoisotopic (exact) mass is 414 g/mol. The summed E-state index contributed by atoms with van der Waals surface area (Å²) in [5, 5.41) is 0.771. The molecule has 4 rings (SSSR count). The maximum atomic E-state index is 12.8. The van der Waals surface area contributed by atoms with Gasteiger partial charge in [-0.25, -0.2) is 4.79 Å². The SMILES string of the molecule is Cn1c(=O)c2c(nc(Cl)n2Cc2ccc(Cl)cc2)n(Cc2ccccc2)c1=O. The van der Waals surface area contributed by atoms with Gasteiger partial charge in [0.2, 0.25) is 5.28 Å². The van der Waals surface area contributed by atoms with Gasteiger partial charge in [-0.1, -0.05) is 54.1 Å². The van der Waals surface area contributed by atoms with Crippen LogP contribution in [0.1, 0.15) is 11.1 Å². The van der Waals surface area contributed by atoms with Crippen LogP contribution in [0.25, 0.3) is 11.2 Å². The number of benzene rings is 2. The van der Waals surface area contributed by atoms with Crippen molar-refractivity contribution in [2.75, 3.05) is 0 Å². The van der Waals surface area contributed by atoms with Crippen molar-refractivity contribution < 1.29 is 0 Å². The van der Waals surface area contributed by atoms with Gasteiger partial charge in [0, 0.05) is 12.1 Å². The quantitative estimate of drug-likeness (QED) is 0.481. The van der Waals surface area contributed by atoms with Crippen LogP contribution in [-0.4, -0.2) is 18.7 Å². The second kappa shape index (κ2) is 7.30. The molecule has 0 radical (unpaired) electrons. The maximum absolute atomic E-state index is 12.8. The van der Waals surface area contributed by atoms with Gasteiger partial charge in [-0.05, 0) is 34.9 Å². The average molecular weight is 415 g/mol. The first-order chi connectivity index (χ1) is 13.5. The molecule has 0 amide bonds. The number of rotatable bonds is 4. The largest absolute Gasteiger partial charge is 0.332 e. The van der Waals surface area contributed by atoms with Crippen molar-refractivity contribution in [3.05, 3.63) is 96.9 Å². The Kier molecular flexibility index (Phi) is 4.83. The number of imidazole rings is 1. The zero-order valence-electron chi connectivity index (χ0n) is 15.0. The van der Waals surface area contributed by atoms with Gasteiger partial charge >= 0.3 is 5.69 Å². The molecular formula is C20H16Cl2N4O2. The van der Waals surface area contributed by atoms with Gasteiger partial charge < -0.3 is 4.57 Å². The Bertz CT molecular complexity index is 1270. The summed E-state index contributed by atoms with van der Waals surface area (Å²) in [6.45, 7) is 0.629. The van der Waals surface area contributed by atoms with E-state index >= 15 is 0 Å². The van der Waals surface area contributed by atoms with Crippen LogP contribution in [-0.2, 0) is 20.1 Å². The van der Waals surface area contributed by atoms with E-state index in [1.165, 1.54) is 11.6 Å². The van der Waals surface area contributed by atoms with E-state index in [-0.39, 0.29) is 16.4 Å². The van der Waals surface area contributed by atoms with Crippen molar-refractivity contribution in [2.45, 2.75) is 13.1 Å². The Morgan fingerprint density at radius 3 is 2.14 bits per heavy atom. The van der Waals surface area contributed by atoms with Crippen LogP contribution < -0.4 is 11.2 Å². The zero-order chi connectivity index (χ0) is 19.8. The topological polar surface area (TPSA) is 61.8 Å². The molecule has 8 heteroatoms. The van der Waals surface area contributed by atoms with E-state index in [4.69, 9.17) is 23.2 Å². The van der Waals surface area contributed by atoms with Crippen molar-refractivity contribution in [3.63, 3.8) is 0 Å². The Morgan fingerprint density at radius 2 is 1.46 bits per heavy atom. The second-order valence-corrected chi connectivity index (χ2v) is 7.26. The van der Waals surface area contributed by atoms with Gasteiger partial charge in [-0.15, -0.1) is 0 Å². The highest BCUT2D eigenvalue weighted by Gasteiger charge is 2.20. The third-order valence-electron chi connectivity index (χ3n) is 4.62. The minimum absolute atomic E-state index is 0.148. The van der Waals surface area contributed by atoms with Crippen molar-refractivity contribution in [1.29, 1.82) is 0 Å². The minimum atomic E-state index is -0.436. The second-order valence-electron chi connectivity index (χ2n) is 6.48. The molecule has 0 atom stereocenters. The zero-order valence-corrected chi connectivity index (χ0v) is 16.5. The van der Waals surface area contributed by atoms with Gasteiger partial charge in [0.1, 0.15) is 0 Å². The predicted molar refractivity (Wildman–Crippen MR) is 110 cm³/mol. The Hall–Kier alpha value is -2.83. The molecule has 2 aromatic carbocycles. The van der Waals surface area contributed by atoms with Gasteiger partial charge in [0.15, 0.2) is 11.2 Å². The van der Waals surface area contributed by atoms with E-state index in [9.17, 15) is 9.59 Å². The van der Waals surface area contributed by atoms with E-state index in [1.807, 2.05) is 42.5 Å². The first-order valence-electron chi connectivity index (χ1n) is 8.59. The molecule has 2 aromatic heterocycles. The van der Waals surface area contributed by atoms with E-state index < -0.39 is 11.2 Å². The summed E-state index contributed by atoms with van der Waals surface area (Å²) < 4.78 is 4.17. The molecule has 0 aliphatic rings. The van der Waals surface area contributed by atoms with Crippen LogP contribution in [0.3, 0.4) is 0 Å². The predicted octanol–water partition coefficient (Wildman–Crippen LogP) is 3.30. The highest BCUT2D eigenvalue weighted by Crippen LogP contribution is 2.19. The molecule has 0 fully saturated rings. The van der Waals surface area contributed by atoms with E-state index in [0.29, 0.717) is 18.1 Å². The number of aromatic nitrogens is 4. The van der Waals surface area contributed by atoms with Gasteiger partial charge in [0.25, 0.3) is 5.56 Å². The molecule has 2 heterocycles. The third kappa shape index (κ3) is 3.25. The minimum Gasteiger partial charge on any atom is -0.304 e. The average Bonchev–Trinajstić information content (AvgIpc) is 3.02. The van der Waals surface area contributed by atoms with Crippen LogP contribution >= 0.6 is 23.2 Å². The van der Waals surface area contributed by atoms with Gasteiger partial charge in [-0.3, -0.25) is 13.9 Å². The fraction of sp³-hybridized carbons (Fsp3) is 0.150. The number of hydrogen-bond donors (Lipinski definition) is 0. The van der Waals surface area contributed by atoms with E-state index in [1.54, 1.807) is 16.7 Å². The third-order valence-corrected chi connectivity index (χ3v) is 5.16. The highest BCUT2D eigenvalue weighted by atomic mass is 35.5. The molecule has 0 unspecified atom stereocenters. The summed E-state index contributed by atoms with van der Waals surface area (Å²) in [4.78, 5) is 29.9. The van der Waals surface area contributed by atoms with Crippen molar-refractivity contribution in [2.24, 2.45) is 7.05 Å². The fourth-order valence-electron chi connectivity index (χ4n) is 3.16. The Morgan fingerprint density at radius 1 is 0.857 bits per heavy atom. The lowest BCUT2D eigenvalue weighted by atomic mass is 10.2. The molecule has 142 valence electrons. The van der Waals surface area contributed by atoms with Crippen molar-refractivity contribution in [1.82, 2.24) is 18.7 Å². The van der Waals surface area contributed by atoms with Crippen molar-refractivity contribution in [3.8, 4) is 0 Å². The highest BCUT2D eigenvalue weighted by molar-refractivity contribution is 6.30. The summed E-state index contributed by atoms with van der Waals surface area (Å²) in [6, 6.07) is 16.8. The molecule has 0 spiro atoms. The number of halogens is 2. The lowest BCUT2D eigenvalue weighted by Crippen LogP contribution is -2.39. The molecule has 0 saturated heterocycles. The molecule has 6 nitrogen and oxygen atoms in total. The van der Waals surface area contributed by atoms with Gasteiger partial charge in [0.05, 0.1) is 13.1 Å². The first kappa shape index (κ1) is 18.5. The molecule has 0 aliphatic heterocycles. The van der Waals surface area contributed by atoms with Gasteiger partial charge in [-0.2, -0.15) is 4.98 Å². The summed E-state index contributed by atoms with van der Waals surface area (Å²) in [6.07, 6.45) is 0. The van der Waals surface area contributed by atoms with Crippen molar-refractivity contribution >= 4 is 34.4 Å². The van der Waals surface area contributed by atoms with Crippen LogP contribution in [0.4, 0.5) is 0 Å². The van der Waals surface area contributed by atoms with E-state index in [2.05, 4.69) is 4.98 Å².